The fourth-order valence-electron chi connectivity index (χ4n) is 3.51. The first kappa shape index (κ1) is 18.4. The minimum Gasteiger partial charge on any atom is -0.338 e. The molecule has 0 saturated carbocycles. The van der Waals surface area contributed by atoms with Crippen molar-refractivity contribution in [1.82, 2.24) is 29.7 Å². The Labute approximate surface area is 154 Å². The summed E-state index contributed by atoms with van der Waals surface area (Å²) in [5, 5.41) is 3.06. The summed E-state index contributed by atoms with van der Waals surface area (Å²) < 4.78 is 2.17. The molecule has 7 nitrogen and oxygen atoms in total. The van der Waals surface area contributed by atoms with Gasteiger partial charge in [0.25, 0.3) is 0 Å². The van der Waals surface area contributed by atoms with Crippen LogP contribution < -0.4 is 5.32 Å². The Hall–Kier alpha value is -2.44. The van der Waals surface area contributed by atoms with Crippen molar-refractivity contribution in [1.29, 1.82) is 0 Å². The number of nitrogens with zero attached hydrogens (tertiary/aromatic N) is 5. The number of hydrogen-bond donors (Lipinski definition) is 1. The van der Waals surface area contributed by atoms with E-state index in [2.05, 4.69) is 38.7 Å². The molecule has 2 amide bonds. The van der Waals surface area contributed by atoms with Gasteiger partial charge in [-0.2, -0.15) is 0 Å². The van der Waals surface area contributed by atoms with Gasteiger partial charge < -0.3 is 14.8 Å². The van der Waals surface area contributed by atoms with Gasteiger partial charge >= 0.3 is 6.03 Å². The number of amides is 2. The largest absolute Gasteiger partial charge is 0.338 e. The molecule has 1 fully saturated rings. The van der Waals surface area contributed by atoms with Crippen molar-refractivity contribution < 1.29 is 4.79 Å². The predicted molar refractivity (Wildman–Crippen MR) is 99.9 cm³/mol. The average Bonchev–Trinajstić information content (AvgIpc) is 3.15. The van der Waals surface area contributed by atoms with E-state index in [-0.39, 0.29) is 6.03 Å². The summed E-state index contributed by atoms with van der Waals surface area (Å²) >= 11 is 0. The smallest absolute Gasteiger partial charge is 0.317 e. The Morgan fingerprint density at radius 1 is 1.35 bits per heavy atom. The maximum absolute atomic E-state index is 12.5. The van der Waals surface area contributed by atoms with Crippen LogP contribution in [-0.2, 0) is 6.54 Å². The number of carbonyl (C=O) groups is 1. The third-order valence-electron chi connectivity index (χ3n) is 4.85. The highest BCUT2D eigenvalue weighted by Gasteiger charge is 2.25. The molecule has 0 aromatic carbocycles. The maximum atomic E-state index is 12.5. The van der Waals surface area contributed by atoms with E-state index in [4.69, 9.17) is 0 Å². The molecule has 26 heavy (non-hydrogen) atoms. The Bertz CT molecular complexity index is 699. The second-order valence-corrected chi connectivity index (χ2v) is 7.14. The minimum absolute atomic E-state index is 0.0264. The van der Waals surface area contributed by atoms with Crippen molar-refractivity contribution in [2.24, 2.45) is 0 Å². The second kappa shape index (κ2) is 8.78. The monoisotopic (exact) mass is 356 g/mol. The lowest BCUT2D eigenvalue weighted by molar-refractivity contribution is 0.179. The summed E-state index contributed by atoms with van der Waals surface area (Å²) in [5.41, 5.74) is 1.03. The van der Waals surface area contributed by atoms with Gasteiger partial charge in [-0.25, -0.2) is 19.7 Å². The van der Waals surface area contributed by atoms with Gasteiger partial charge in [-0.1, -0.05) is 13.8 Å². The van der Waals surface area contributed by atoms with E-state index in [1.54, 1.807) is 12.5 Å². The summed E-state index contributed by atoms with van der Waals surface area (Å²) in [6.07, 6.45) is 10.2. The van der Waals surface area contributed by atoms with Crippen LogP contribution in [0.1, 0.15) is 56.5 Å². The summed E-state index contributed by atoms with van der Waals surface area (Å²) in [4.78, 5) is 27.1. The molecule has 0 bridgehead atoms. The second-order valence-electron chi connectivity index (χ2n) is 7.14. The van der Waals surface area contributed by atoms with Crippen molar-refractivity contribution in [3.8, 4) is 0 Å². The van der Waals surface area contributed by atoms with Crippen LogP contribution in [0.3, 0.4) is 0 Å². The molecule has 3 rings (SSSR count). The van der Waals surface area contributed by atoms with E-state index in [0.29, 0.717) is 18.4 Å². The van der Waals surface area contributed by atoms with E-state index in [1.165, 1.54) is 0 Å². The fraction of sp³-hybridized carbons (Fsp3) is 0.579. The summed E-state index contributed by atoms with van der Waals surface area (Å²) in [6.45, 7) is 7.37. The lowest BCUT2D eigenvalue weighted by atomic mass is 9.95. The molecule has 0 aliphatic carbocycles. The van der Waals surface area contributed by atoms with Crippen molar-refractivity contribution in [3.05, 3.63) is 42.5 Å². The van der Waals surface area contributed by atoms with Gasteiger partial charge in [0.2, 0.25) is 0 Å². The number of aromatic nitrogens is 4. The van der Waals surface area contributed by atoms with Crippen LogP contribution >= 0.6 is 0 Å². The lowest BCUT2D eigenvalue weighted by Gasteiger charge is -2.32. The summed E-state index contributed by atoms with van der Waals surface area (Å²) in [7, 11) is 0. The number of hydrogen-bond acceptors (Lipinski definition) is 4. The molecule has 1 aliphatic heterocycles. The van der Waals surface area contributed by atoms with Crippen molar-refractivity contribution in [3.63, 3.8) is 0 Å². The molecule has 1 unspecified atom stereocenters. The van der Waals surface area contributed by atoms with Crippen LogP contribution in [0.25, 0.3) is 0 Å². The normalized spacial score (nSPS) is 17.5. The Balaban J connectivity index is 1.44. The molecule has 2 aromatic heterocycles. The van der Waals surface area contributed by atoms with E-state index >= 15 is 0 Å². The summed E-state index contributed by atoms with van der Waals surface area (Å²) in [5.74, 6) is 1.81. The molecular weight excluding hydrogens is 328 g/mol. The highest BCUT2D eigenvalue weighted by Crippen LogP contribution is 2.24. The quantitative estimate of drug-likeness (QED) is 0.808. The Morgan fingerprint density at radius 3 is 3.00 bits per heavy atom. The Morgan fingerprint density at radius 2 is 2.23 bits per heavy atom. The number of likely N-dealkylation sites (tertiary alicyclic amines) is 1. The van der Waals surface area contributed by atoms with Crippen LogP contribution in [0.4, 0.5) is 4.79 Å². The molecule has 7 heteroatoms. The van der Waals surface area contributed by atoms with Gasteiger partial charge in [0.15, 0.2) is 0 Å². The minimum atomic E-state index is 0.0264. The molecule has 2 aromatic rings. The van der Waals surface area contributed by atoms with Gasteiger partial charge in [-0.3, -0.25) is 0 Å². The van der Waals surface area contributed by atoms with E-state index < -0.39 is 0 Å². The number of carbonyl (C=O) groups excluding carboxylic acids is 1. The van der Waals surface area contributed by atoms with Gasteiger partial charge in [-0.05, 0) is 25.3 Å². The summed E-state index contributed by atoms with van der Waals surface area (Å²) in [6, 6.07) is 1.97. The molecule has 140 valence electrons. The SMILES string of the molecule is CC(C)c1nccn1CCCNC(=O)N1CCCC(c2ccncn2)C1. The molecule has 1 atom stereocenters. The van der Waals surface area contributed by atoms with Crippen molar-refractivity contribution in [2.45, 2.75) is 51.5 Å². The predicted octanol–water partition coefficient (Wildman–Crippen LogP) is 2.78. The molecule has 3 heterocycles. The number of urea groups is 1. The van der Waals surface area contributed by atoms with Crippen LogP contribution in [-0.4, -0.2) is 50.1 Å². The standard InChI is InChI=1S/C19H28N6O/c1-15(2)18-21-9-12-24(18)11-4-7-22-19(26)25-10-3-5-16(13-25)17-6-8-20-14-23-17/h6,8-9,12,14-16H,3-5,7,10-11,13H2,1-2H3,(H,22,26). The number of rotatable bonds is 6. The van der Waals surface area contributed by atoms with Crippen molar-refractivity contribution in [2.75, 3.05) is 19.6 Å². The molecule has 1 saturated heterocycles. The van der Waals surface area contributed by atoms with E-state index in [9.17, 15) is 4.79 Å². The molecule has 0 radical (unpaired) electrons. The first-order chi connectivity index (χ1) is 12.6. The topological polar surface area (TPSA) is 75.9 Å². The lowest BCUT2D eigenvalue weighted by Crippen LogP contribution is -2.45. The third kappa shape index (κ3) is 4.59. The maximum Gasteiger partial charge on any atom is 0.317 e. The number of piperidine rings is 1. The first-order valence-electron chi connectivity index (χ1n) is 9.45. The zero-order chi connectivity index (χ0) is 18.4. The van der Waals surface area contributed by atoms with Crippen LogP contribution in [0.15, 0.2) is 31.0 Å². The van der Waals surface area contributed by atoms with Crippen molar-refractivity contribution >= 4 is 6.03 Å². The molecule has 1 aliphatic rings. The Kier molecular flexibility index (Phi) is 6.20. The molecular formula is C19H28N6O. The number of aryl methyl sites for hydroxylation is 1. The highest BCUT2D eigenvalue weighted by molar-refractivity contribution is 5.74. The van der Waals surface area contributed by atoms with Gasteiger partial charge in [-0.15, -0.1) is 0 Å². The zero-order valence-electron chi connectivity index (χ0n) is 15.6. The van der Waals surface area contributed by atoms with Gasteiger partial charge in [0.1, 0.15) is 12.2 Å². The first-order valence-corrected chi connectivity index (χ1v) is 9.45. The van der Waals surface area contributed by atoms with Gasteiger partial charge in [0, 0.05) is 62.3 Å². The van der Waals surface area contributed by atoms with Gasteiger partial charge in [0.05, 0.1) is 0 Å². The third-order valence-corrected chi connectivity index (χ3v) is 4.85. The van der Waals surface area contributed by atoms with E-state index in [1.807, 2.05) is 23.4 Å². The molecule has 1 N–H and O–H groups in total. The fourth-order valence-corrected chi connectivity index (χ4v) is 3.51. The number of nitrogens with one attached hydrogen (secondary N) is 1. The van der Waals surface area contributed by atoms with Crippen LogP contribution in [0, 0.1) is 0 Å². The number of imidazole rings is 1. The molecule has 0 spiro atoms. The van der Waals surface area contributed by atoms with Crippen LogP contribution in [0.5, 0.6) is 0 Å². The zero-order valence-corrected chi connectivity index (χ0v) is 15.6. The average molecular weight is 356 g/mol. The van der Waals surface area contributed by atoms with E-state index in [0.717, 1.165) is 50.4 Å². The van der Waals surface area contributed by atoms with Crippen LogP contribution in [0.2, 0.25) is 0 Å². The highest BCUT2D eigenvalue weighted by atomic mass is 16.2.